The number of nitro groups is 1. The number of esters is 1. The molecule has 0 amide bonds. The van der Waals surface area contributed by atoms with Crippen LogP contribution >= 0.6 is 11.6 Å². The van der Waals surface area contributed by atoms with Gasteiger partial charge in [-0.15, -0.1) is 0 Å². The van der Waals surface area contributed by atoms with Crippen molar-refractivity contribution in [1.29, 1.82) is 0 Å². The van der Waals surface area contributed by atoms with E-state index in [0.29, 0.717) is 5.70 Å². The van der Waals surface area contributed by atoms with E-state index in [9.17, 15) is 14.9 Å². The van der Waals surface area contributed by atoms with Crippen molar-refractivity contribution in [3.05, 3.63) is 68.9 Å². The fraction of sp³-hybridized carbons (Fsp3) is 0.118. The minimum absolute atomic E-state index is 0.0893. The van der Waals surface area contributed by atoms with Gasteiger partial charge in [0.25, 0.3) is 0 Å². The zero-order chi connectivity index (χ0) is 18.7. The predicted molar refractivity (Wildman–Crippen MR) is 96.3 cm³/mol. The maximum absolute atomic E-state index is 12.6. The Kier molecular flexibility index (Phi) is 4.94. The van der Waals surface area contributed by atoms with Gasteiger partial charge < -0.3 is 10.1 Å². The quantitative estimate of drug-likeness (QED) is 0.288. The number of benzene rings is 1. The average molecular weight is 373 g/mol. The number of rotatable bonds is 4. The Hall–Kier alpha value is -3.26. The first kappa shape index (κ1) is 17.6. The normalized spacial score (nSPS) is 14.2. The summed E-state index contributed by atoms with van der Waals surface area (Å²) in [6, 6.07) is 7.42. The maximum atomic E-state index is 12.6. The lowest BCUT2D eigenvalue weighted by molar-refractivity contribution is -0.385. The second kappa shape index (κ2) is 7.32. The highest BCUT2D eigenvalue weighted by atomic mass is 35.5. The molecule has 0 saturated heterocycles. The van der Waals surface area contributed by atoms with Crippen LogP contribution in [0.1, 0.15) is 18.2 Å². The summed E-state index contributed by atoms with van der Waals surface area (Å²) in [5.41, 5.74) is 1.23. The van der Waals surface area contributed by atoms with Crippen LogP contribution in [0.2, 0.25) is 5.28 Å². The van der Waals surface area contributed by atoms with Crippen LogP contribution in [0.4, 0.5) is 11.4 Å². The summed E-state index contributed by atoms with van der Waals surface area (Å²) in [6.07, 6.45) is 4.38. The first-order valence-corrected chi connectivity index (χ1v) is 8.02. The van der Waals surface area contributed by atoms with Gasteiger partial charge >= 0.3 is 11.7 Å². The number of hydrogen-bond donors (Lipinski definition) is 1. The van der Waals surface area contributed by atoms with Gasteiger partial charge in [0, 0.05) is 5.69 Å². The molecule has 1 aromatic heterocycles. The number of ether oxygens (including phenoxy) is 1. The van der Waals surface area contributed by atoms with Crippen LogP contribution in [-0.4, -0.2) is 27.5 Å². The van der Waals surface area contributed by atoms with Gasteiger partial charge in [0.1, 0.15) is 11.8 Å². The molecule has 1 aromatic carbocycles. The van der Waals surface area contributed by atoms with Crippen molar-refractivity contribution >= 4 is 40.6 Å². The van der Waals surface area contributed by atoms with Gasteiger partial charge in [-0.2, -0.15) is 0 Å². The molecule has 132 valence electrons. The molecule has 0 saturated carbocycles. The molecule has 0 atom stereocenters. The van der Waals surface area contributed by atoms with Crippen molar-refractivity contribution in [2.24, 2.45) is 0 Å². The van der Waals surface area contributed by atoms with Gasteiger partial charge in [-0.1, -0.05) is 24.3 Å². The Morgan fingerprint density at radius 2 is 2.12 bits per heavy atom. The summed E-state index contributed by atoms with van der Waals surface area (Å²) in [7, 11) is 0. The standard InChI is InChI=1S/C17H13ClN4O4/c1-2-26-16(23)14(15-13(22(24)25)9-19-17(18)21-15)12-8-7-10-5-3-4-6-11(10)20-12/h3-9,20H,2H2,1H3. The smallest absolute Gasteiger partial charge is 0.342 e. The van der Waals surface area contributed by atoms with E-state index in [1.807, 2.05) is 24.3 Å². The van der Waals surface area contributed by atoms with Gasteiger partial charge in [-0.3, -0.25) is 10.1 Å². The van der Waals surface area contributed by atoms with E-state index in [4.69, 9.17) is 16.3 Å². The minimum Gasteiger partial charge on any atom is -0.462 e. The van der Waals surface area contributed by atoms with Crippen molar-refractivity contribution < 1.29 is 14.5 Å². The zero-order valence-electron chi connectivity index (χ0n) is 13.6. The fourth-order valence-corrected chi connectivity index (χ4v) is 2.60. The van der Waals surface area contributed by atoms with Crippen molar-refractivity contribution in [2.45, 2.75) is 6.92 Å². The highest BCUT2D eigenvalue weighted by Crippen LogP contribution is 2.32. The third-order valence-corrected chi connectivity index (χ3v) is 3.76. The number of para-hydroxylation sites is 1. The molecule has 0 bridgehead atoms. The van der Waals surface area contributed by atoms with Gasteiger partial charge in [0.2, 0.25) is 5.28 Å². The largest absolute Gasteiger partial charge is 0.462 e. The molecule has 1 N–H and O–H groups in total. The molecule has 0 spiro atoms. The number of carbonyl (C=O) groups excluding carboxylic acids is 1. The van der Waals surface area contributed by atoms with Gasteiger partial charge in [0.15, 0.2) is 5.69 Å². The molecule has 8 nitrogen and oxygen atoms in total. The molecular weight excluding hydrogens is 360 g/mol. The van der Waals surface area contributed by atoms with Crippen LogP contribution in [0.15, 0.2) is 42.2 Å². The molecular formula is C17H13ClN4O4. The third-order valence-electron chi connectivity index (χ3n) is 3.58. The molecule has 1 aliphatic heterocycles. The van der Waals surface area contributed by atoms with E-state index in [0.717, 1.165) is 17.4 Å². The Morgan fingerprint density at radius 1 is 1.35 bits per heavy atom. The molecule has 1 aliphatic rings. The van der Waals surface area contributed by atoms with Crippen LogP contribution in [0.5, 0.6) is 0 Å². The summed E-state index contributed by atoms with van der Waals surface area (Å²) in [6.45, 7) is 1.74. The topological polar surface area (TPSA) is 107 Å². The number of nitrogens with zero attached hydrogens (tertiary/aromatic N) is 3. The van der Waals surface area contributed by atoms with E-state index in [1.165, 1.54) is 0 Å². The summed E-state index contributed by atoms with van der Waals surface area (Å²) in [5.74, 6) is -0.753. The number of anilines is 1. The van der Waals surface area contributed by atoms with Gasteiger partial charge in [-0.05, 0) is 36.2 Å². The number of hydrogen-bond acceptors (Lipinski definition) is 7. The lowest BCUT2D eigenvalue weighted by Gasteiger charge is -2.18. The second-order valence-corrected chi connectivity index (χ2v) is 5.52. The number of nitrogens with one attached hydrogen (secondary N) is 1. The average Bonchev–Trinajstić information content (AvgIpc) is 2.62. The number of aromatic nitrogens is 2. The lowest BCUT2D eigenvalue weighted by atomic mass is 10.0. The number of allylic oxidation sites excluding steroid dienone is 1. The Labute approximate surface area is 153 Å². The number of carbonyl (C=O) groups is 1. The summed E-state index contributed by atoms with van der Waals surface area (Å²) in [5, 5.41) is 14.2. The monoisotopic (exact) mass is 372 g/mol. The first-order chi connectivity index (χ1) is 12.5. The molecule has 0 fully saturated rings. The van der Waals surface area contributed by atoms with E-state index in [2.05, 4.69) is 15.3 Å². The molecule has 26 heavy (non-hydrogen) atoms. The number of halogens is 1. The van der Waals surface area contributed by atoms with E-state index in [1.54, 1.807) is 19.1 Å². The molecule has 0 unspecified atom stereocenters. The molecule has 9 heteroatoms. The zero-order valence-corrected chi connectivity index (χ0v) is 14.4. The Balaban J connectivity index is 2.22. The van der Waals surface area contributed by atoms with Gasteiger partial charge in [0.05, 0.1) is 17.2 Å². The fourth-order valence-electron chi connectivity index (χ4n) is 2.47. The second-order valence-electron chi connectivity index (χ2n) is 5.18. The summed E-state index contributed by atoms with van der Waals surface area (Å²) < 4.78 is 5.08. The predicted octanol–water partition coefficient (Wildman–Crippen LogP) is 3.45. The van der Waals surface area contributed by atoms with Crippen molar-refractivity contribution in [2.75, 3.05) is 11.9 Å². The molecule has 0 radical (unpaired) electrons. The minimum atomic E-state index is -0.753. The SMILES string of the molecule is CCOC(=O)C(=C1C=Cc2ccccc2N1)c1nc(Cl)ncc1[N+](=O)[O-]. The van der Waals surface area contributed by atoms with Crippen LogP contribution in [0.3, 0.4) is 0 Å². The Morgan fingerprint density at radius 3 is 2.85 bits per heavy atom. The van der Waals surface area contributed by atoms with Crippen LogP contribution in [0.25, 0.3) is 11.6 Å². The van der Waals surface area contributed by atoms with E-state index in [-0.39, 0.29) is 23.2 Å². The first-order valence-electron chi connectivity index (χ1n) is 7.64. The van der Waals surface area contributed by atoms with Crippen LogP contribution < -0.4 is 5.32 Å². The lowest BCUT2D eigenvalue weighted by Crippen LogP contribution is -2.16. The van der Waals surface area contributed by atoms with Crippen LogP contribution in [0, 0.1) is 10.1 Å². The third kappa shape index (κ3) is 3.40. The molecule has 2 aromatic rings. The molecule has 3 rings (SSSR count). The molecule has 2 heterocycles. The van der Waals surface area contributed by atoms with E-state index < -0.39 is 16.6 Å². The van der Waals surface area contributed by atoms with Crippen molar-refractivity contribution in [3.8, 4) is 0 Å². The highest BCUT2D eigenvalue weighted by Gasteiger charge is 2.29. The van der Waals surface area contributed by atoms with Crippen LogP contribution in [-0.2, 0) is 9.53 Å². The molecule has 0 aliphatic carbocycles. The highest BCUT2D eigenvalue weighted by molar-refractivity contribution is 6.28. The van der Waals surface area contributed by atoms with Crippen molar-refractivity contribution in [3.63, 3.8) is 0 Å². The summed E-state index contributed by atoms with van der Waals surface area (Å²) in [4.78, 5) is 30.8. The van der Waals surface area contributed by atoms with Crippen molar-refractivity contribution in [1.82, 2.24) is 9.97 Å². The maximum Gasteiger partial charge on any atom is 0.342 e. The Bertz CT molecular complexity index is 956. The van der Waals surface area contributed by atoms with Gasteiger partial charge in [-0.25, -0.2) is 14.8 Å². The number of fused-ring (bicyclic) bond motifs is 1. The summed E-state index contributed by atoms with van der Waals surface area (Å²) >= 11 is 5.81. The van der Waals surface area contributed by atoms with E-state index >= 15 is 0 Å².